The van der Waals surface area contributed by atoms with Crippen LogP contribution in [-0.2, 0) is 6.54 Å². The number of aliphatic hydroxyl groups is 1. The van der Waals surface area contributed by atoms with Crippen LogP contribution in [0.3, 0.4) is 0 Å². The molecule has 0 bridgehead atoms. The third-order valence-corrected chi connectivity index (χ3v) is 3.34. The molecule has 0 aliphatic carbocycles. The van der Waals surface area contributed by atoms with Gasteiger partial charge in [-0.25, -0.2) is 0 Å². The number of rotatable bonds is 5. The average Bonchev–Trinajstić information content (AvgIpc) is 2.68. The summed E-state index contributed by atoms with van der Waals surface area (Å²) in [5.41, 5.74) is 3.25. The van der Waals surface area contributed by atoms with E-state index in [1.807, 2.05) is 51.1 Å². The molecule has 19 heavy (non-hydrogen) atoms. The smallest absolute Gasteiger partial charge is 0.105 e. The van der Waals surface area contributed by atoms with Gasteiger partial charge in [0.15, 0.2) is 0 Å². The first kappa shape index (κ1) is 13.8. The van der Waals surface area contributed by atoms with Crippen LogP contribution in [0.25, 0.3) is 0 Å². The van der Waals surface area contributed by atoms with Gasteiger partial charge in [0.05, 0.1) is 6.10 Å². The van der Waals surface area contributed by atoms with E-state index in [9.17, 15) is 5.11 Å². The highest BCUT2D eigenvalue weighted by Gasteiger charge is 2.10. The molecule has 0 saturated carbocycles. The van der Waals surface area contributed by atoms with Gasteiger partial charge in [-0.2, -0.15) is 0 Å². The minimum Gasteiger partial charge on any atom is -0.466 e. The zero-order valence-corrected chi connectivity index (χ0v) is 11.7. The number of aryl methyl sites for hydroxylation is 3. The van der Waals surface area contributed by atoms with Crippen molar-refractivity contribution in [1.29, 1.82) is 0 Å². The number of hydrogen-bond acceptors (Lipinski definition) is 3. The SMILES string of the molecule is Cc1cc(CNCC(O)c2ccccc2C)c(C)o1. The summed E-state index contributed by atoms with van der Waals surface area (Å²) in [5.74, 6) is 1.86. The van der Waals surface area contributed by atoms with Crippen LogP contribution in [0.1, 0.15) is 34.3 Å². The summed E-state index contributed by atoms with van der Waals surface area (Å²) in [6.07, 6.45) is -0.477. The fourth-order valence-electron chi connectivity index (χ4n) is 2.27. The third kappa shape index (κ3) is 3.46. The summed E-state index contributed by atoms with van der Waals surface area (Å²) in [6.45, 7) is 7.17. The molecule has 1 aromatic heterocycles. The van der Waals surface area contributed by atoms with E-state index >= 15 is 0 Å². The second-order valence-electron chi connectivity index (χ2n) is 4.94. The van der Waals surface area contributed by atoms with E-state index in [4.69, 9.17) is 4.42 Å². The van der Waals surface area contributed by atoms with E-state index in [1.54, 1.807) is 0 Å². The van der Waals surface area contributed by atoms with E-state index in [2.05, 4.69) is 5.32 Å². The molecule has 2 aromatic rings. The molecule has 0 amide bonds. The summed E-state index contributed by atoms with van der Waals surface area (Å²) in [7, 11) is 0. The predicted octanol–water partition coefficient (Wildman–Crippen LogP) is 3.03. The minimum atomic E-state index is -0.477. The lowest BCUT2D eigenvalue weighted by Gasteiger charge is -2.14. The topological polar surface area (TPSA) is 45.4 Å². The Morgan fingerprint density at radius 3 is 2.58 bits per heavy atom. The summed E-state index contributed by atoms with van der Waals surface area (Å²) in [4.78, 5) is 0. The first-order chi connectivity index (χ1) is 9.08. The van der Waals surface area contributed by atoms with Crippen LogP contribution in [0, 0.1) is 20.8 Å². The van der Waals surface area contributed by atoms with E-state index < -0.39 is 6.10 Å². The molecule has 0 spiro atoms. The van der Waals surface area contributed by atoms with Gasteiger partial charge in [-0.1, -0.05) is 24.3 Å². The fourth-order valence-corrected chi connectivity index (χ4v) is 2.27. The molecule has 2 rings (SSSR count). The van der Waals surface area contributed by atoms with Gasteiger partial charge in [-0.3, -0.25) is 0 Å². The Morgan fingerprint density at radius 1 is 1.21 bits per heavy atom. The average molecular weight is 259 g/mol. The molecule has 0 radical (unpaired) electrons. The Morgan fingerprint density at radius 2 is 1.95 bits per heavy atom. The number of aliphatic hydroxyl groups excluding tert-OH is 1. The van der Waals surface area contributed by atoms with Crippen molar-refractivity contribution in [2.45, 2.75) is 33.4 Å². The standard InChI is InChI=1S/C16H21NO2/c1-11-6-4-5-7-15(11)16(18)10-17-9-14-8-12(2)19-13(14)3/h4-8,16-18H,9-10H2,1-3H3. The Labute approximate surface area is 114 Å². The maximum absolute atomic E-state index is 10.2. The largest absolute Gasteiger partial charge is 0.466 e. The van der Waals surface area contributed by atoms with Crippen molar-refractivity contribution >= 4 is 0 Å². The van der Waals surface area contributed by atoms with Crippen molar-refractivity contribution in [3.05, 3.63) is 58.5 Å². The van der Waals surface area contributed by atoms with Crippen molar-refractivity contribution in [2.24, 2.45) is 0 Å². The molecule has 1 unspecified atom stereocenters. The number of benzene rings is 1. The molecule has 0 fully saturated rings. The second kappa shape index (κ2) is 6.04. The first-order valence-electron chi connectivity index (χ1n) is 6.58. The number of nitrogens with one attached hydrogen (secondary N) is 1. The summed E-state index contributed by atoms with van der Waals surface area (Å²) in [6, 6.07) is 9.95. The van der Waals surface area contributed by atoms with Gasteiger partial charge in [0.2, 0.25) is 0 Å². The van der Waals surface area contributed by atoms with Gasteiger partial charge in [0.25, 0.3) is 0 Å². The second-order valence-corrected chi connectivity index (χ2v) is 4.94. The monoisotopic (exact) mass is 259 g/mol. The number of furan rings is 1. The van der Waals surface area contributed by atoms with E-state index in [0.717, 1.165) is 28.2 Å². The summed E-state index contributed by atoms with van der Waals surface area (Å²) < 4.78 is 5.47. The van der Waals surface area contributed by atoms with Crippen LogP contribution >= 0.6 is 0 Å². The molecule has 1 atom stereocenters. The molecule has 0 saturated heterocycles. The normalized spacial score (nSPS) is 12.6. The Hall–Kier alpha value is -1.58. The van der Waals surface area contributed by atoms with E-state index in [0.29, 0.717) is 13.1 Å². The first-order valence-corrected chi connectivity index (χ1v) is 6.58. The molecule has 2 N–H and O–H groups in total. The molecule has 102 valence electrons. The molecule has 3 nitrogen and oxygen atoms in total. The predicted molar refractivity (Wildman–Crippen MR) is 76.0 cm³/mol. The lowest BCUT2D eigenvalue weighted by Crippen LogP contribution is -2.21. The van der Waals surface area contributed by atoms with Crippen LogP contribution in [-0.4, -0.2) is 11.7 Å². The molecule has 1 heterocycles. The maximum Gasteiger partial charge on any atom is 0.105 e. The molecular formula is C16H21NO2. The quantitative estimate of drug-likeness (QED) is 0.867. The van der Waals surface area contributed by atoms with E-state index in [-0.39, 0.29) is 0 Å². The van der Waals surface area contributed by atoms with Crippen LogP contribution < -0.4 is 5.32 Å². The van der Waals surface area contributed by atoms with Gasteiger partial charge in [-0.05, 0) is 38.0 Å². The zero-order chi connectivity index (χ0) is 13.8. The summed E-state index contributed by atoms with van der Waals surface area (Å²) >= 11 is 0. The van der Waals surface area contributed by atoms with E-state index in [1.165, 1.54) is 0 Å². The van der Waals surface area contributed by atoms with Crippen LogP contribution in [0.2, 0.25) is 0 Å². The maximum atomic E-state index is 10.2. The molecule has 0 aliphatic rings. The van der Waals surface area contributed by atoms with Gasteiger partial charge in [-0.15, -0.1) is 0 Å². The van der Waals surface area contributed by atoms with Gasteiger partial charge in [0.1, 0.15) is 11.5 Å². The van der Waals surface area contributed by atoms with Crippen LogP contribution in [0.5, 0.6) is 0 Å². The summed E-state index contributed by atoms with van der Waals surface area (Å²) in [5, 5.41) is 13.4. The minimum absolute atomic E-state index is 0.477. The highest BCUT2D eigenvalue weighted by molar-refractivity contribution is 5.28. The van der Waals surface area contributed by atoms with Crippen molar-refractivity contribution < 1.29 is 9.52 Å². The molecule has 1 aromatic carbocycles. The van der Waals surface area contributed by atoms with Gasteiger partial charge >= 0.3 is 0 Å². The molecular weight excluding hydrogens is 238 g/mol. The fraction of sp³-hybridized carbons (Fsp3) is 0.375. The zero-order valence-electron chi connectivity index (χ0n) is 11.7. The van der Waals surface area contributed by atoms with Crippen LogP contribution in [0.4, 0.5) is 0 Å². The van der Waals surface area contributed by atoms with Crippen LogP contribution in [0.15, 0.2) is 34.7 Å². The molecule has 3 heteroatoms. The Kier molecular flexibility index (Phi) is 4.40. The highest BCUT2D eigenvalue weighted by Crippen LogP contribution is 2.17. The highest BCUT2D eigenvalue weighted by atomic mass is 16.3. The Bertz CT molecular complexity index is 545. The lowest BCUT2D eigenvalue weighted by molar-refractivity contribution is 0.173. The van der Waals surface area contributed by atoms with Crippen molar-refractivity contribution in [3.63, 3.8) is 0 Å². The number of hydrogen-bond donors (Lipinski definition) is 2. The Balaban J connectivity index is 1.89. The van der Waals surface area contributed by atoms with Crippen molar-refractivity contribution in [3.8, 4) is 0 Å². The third-order valence-electron chi connectivity index (χ3n) is 3.34. The van der Waals surface area contributed by atoms with Gasteiger partial charge in [0, 0.05) is 18.7 Å². The van der Waals surface area contributed by atoms with Crippen molar-refractivity contribution in [2.75, 3.05) is 6.54 Å². The molecule has 0 aliphatic heterocycles. The van der Waals surface area contributed by atoms with Gasteiger partial charge < -0.3 is 14.8 Å². The lowest BCUT2D eigenvalue weighted by atomic mass is 10.0. The van der Waals surface area contributed by atoms with Crippen molar-refractivity contribution in [1.82, 2.24) is 5.32 Å².